The van der Waals surface area contributed by atoms with Crippen molar-refractivity contribution < 1.29 is 4.79 Å². The van der Waals surface area contributed by atoms with Gasteiger partial charge in [0.05, 0.1) is 4.88 Å². The molecule has 0 aliphatic carbocycles. The van der Waals surface area contributed by atoms with Crippen LogP contribution in [0.15, 0.2) is 30.3 Å². The zero-order valence-electron chi connectivity index (χ0n) is 11.4. The number of carbonyl (C=O) groups is 1. The van der Waals surface area contributed by atoms with E-state index in [1.54, 1.807) is 0 Å². The topological polar surface area (TPSA) is 57.8 Å². The largest absolute Gasteiger partial charge is 0.304 e. The SMILES string of the molecule is CCc1cc(NC(=O)c2sc3ccccc3c2C)n[nH]1. The number of hydrogen-bond acceptors (Lipinski definition) is 3. The van der Waals surface area contributed by atoms with Crippen molar-refractivity contribution in [3.63, 3.8) is 0 Å². The minimum atomic E-state index is -0.0992. The maximum atomic E-state index is 12.3. The lowest BCUT2D eigenvalue weighted by Crippen LogP contribution is -2.11. The normalized spacial score (nSPS) is 10.9. The third-order valence-electron chi connectivity index (χ3n) is 3.30. The fraction of sp³-hybridized carbons (Fsp3) is 0.200. The zero-order valence-corrected chi connectivity index (χ0v) is 12.2. The summed E-state index contributed by atoms with van der Waals surface area (Å²) in [6.07, 6.45) is 0.866. The highest BCUT2D eigenvalue weighted by molar-refractivity contribution is 7.21. The molecule has 0 bridgehead atoms. The summed E-state index contributed by atoms with van der Waals surface area (Å²) in [6, 6.07) is 9.92. The van der Waals surface area contributed by atoms with E-state index in [0.29, 0.717) is 5.82 Å². The molecule has 2 N–H and O–H groups in total. The highest BCUT2D eigenvalue weighted by atomic mass is 32.1. The van der Waals surface area contributed by atoms with Crippen LogP contribution in [0.25, 0.3) is 10.1 Å². The molecule has 0 radical (unpaired) electrons. The van der Waals surface area contributed by atoms with Gasteiger partial charge in [-0.15, -0.1) is 11.3 Å². The Morgan fingerprint density at radius 3 is 2.90 bits per heavy atom. The molecule has 0 spiro atoms. The molecule has 1 amide bonds. The van der Waals surface area contributed by atoms with Crippen molar-refractivity contribution in [2.24, 2.45) is 0 Å². The van der Waals surface area contributed by atoms with Crippen LogP contribution >= 0.6 is 11.3 Å². The molecule has 5 heteroatoms. The minimum absolute atomic E-state index is 0.0992. The summed E-state index contributed by atoms with van der Waals surface area (Å²) in [5, 5.41) is 11.0. The third kappa shape index (κ3) is 2.20. The van der Waals surface area contributed by atoms with Crippen LogP contribution < -0.4 is 5.32 Å². The van der Waals surface area contributed by atoms with Crippen LogP contribution in [0.2, 0.25) is 0 Å². The number of H-pyrrole nitrogens is 1. The Bertz CT molecular complexity index is 772. The van der Waals surface area contributed by atoms with Crippen molar-refractivity contribution in [3.8, 4) is 0 Å². The smallest absolute Gasteiger partial charge is 0.267 e. The van der Waals surface area contributed by atoms with Crippen LogP contribution in [0.1, 0.15) is 27.9 Å². The Labute approximate surface area is 120 Å². The van der Waals surface area contributed by atoms with Gasteiger partial charge >= 0.3 is 0 Å². The first-order valence-electron chi connectivity index (χ1n) is 6.52. The quantitative estimate of drug-likeness (QED) is 0.770. The van der Waals surface area contributed by atoms with Gasteiger partial charge in [0.25, 0.3) is 5.91 Å². The fourth-order valence-electron chi connectivity index (χ4n) is 2.17. The number of hydrogen-bond donors (Lipinski definition) is 2. The molecule has 102 valence electrons. The van der Waals surface area contributed by atoms with E-state index in [2.05, 4.69) is 15.5 Å². The average Bonchev–Trinajstić information content (AvgIpc) is 3.04. The number of rotatable bonds is 3. The summed E-state index contributed by atoms with van der Waals surface area (Å²) in [7, 11) is 0. The number of thiophene rings is 1. The summed E-state index contributed by atoms with van der Waals surface area (Å²) >= 11 is 1.51. The molecule has 4 nitrogen and oxygen atoms in total. The first-order chi connectivity index (χ1) is 9.69. The summed E-state index contributed by atoms with van der Waals surface area (Å²) in [5.74, 6) is 0.474. The molecule has 0 fully saturated rings. The first kappa shape index (κ1) is 12.9. The van der Waals surface area contributed by atoms with Crippen LogP contribution in [0.5, 0.6) is 0 Å². The number of anilines is 1. The van der Waals surface area contributed by atoms with Gasteiger partial charge in [-0.05, 0) is 30.4 Å². The Morgan fingerprint density at radius 1 is 1.40 bits per heavy atom. The molecule has 0 unspecified atom stereocenters. The van der Waals surface area contributed by atoms with E-state index in [9.17, 15) is 4.79 Å². The molecule has 1 aromatic carbocycles. The Kier molecular flexibility index (Phi) is 3.28. The lowest BCUT2D eigenvalue weighted by molar-refractivity contribution is 0.102. The van der Waals surface area contributed by atoms with E-state index in [4.69, 9.17) is 0 Å². The zero-order chi connectivity index (χ0) is 14.1. The summed E-state index contributed by atoms with van der Waals surface area (Å²) in [4.78, 5) is 13.1. The second kappa shape index (κ2) is 5.09. The molecule has 0 aliphatic rings. The van der Waals surface area contributed by atoms with Gasteiger partial charge in [0, 0.05) is 16.5 Å². The van der Waals surface area contributed by atoms with Crippen LogP contribution in [-0.2, 0) is 6.42 Å². The summed E-state index contributed by atoms with van der Waals surface area (Å²) in [5.41, 5.74) is 2.03. The van der Waals surface area contributed by atoms with Gasteiger partial charge in [0.2, 0.25) is 0 Å². The van der Waals surface area contributed by atoms with Crippen molar-refractivity contribution in [3.05, 3.63) is 46.5 Å². The highest BCUT2D eigenvalue weighted by Gasteiger charge is 2.16. The molecule has 0 saturated carbocycles. The standard InChI is InChI=1S/C15H15N3OS/c1-3-10-8-13(18-17-10)16-15(19)14-9(2)11-6-4-5-7-12(11)20-14/h4-8H,3H2,1-2H3,(H2,16,17,18,19). The summed E-state index contributed by atoms with van der Waals surface area (Å²) < 4.78 is 1.13. The van der Waals surface area contributed by atoms with E-state index >= 15 is 0 Å². The van der Waals surface area contributed by atoms with Gasteiger partial charge < -0.3 is 5.32 Å². The molecule has 0 saturated heterocycles. The number of benzene rings is 1. The Morgan fingerprint density at radius 2 is 2.20 bits per heavy atom. The second-order valence-corrected chi connectivity index (χ2v) is 5.69. The van der Waals surface area contributed by atoms with Crippen molar-refractivity contribution in [2.45, 2.75) is 20.3 Å². The predicted molar refractivity (Wildman–Crippen MR) is 82.5 cm³/mol. The lowest BCUT2D eigenvalue weighted by atomic mass is 10.1. The Balaban J connectivity index is 1.90. The lowest BCUT2D eigenvalue weighted by Gasteiger charge is -2.00. The highest BCUT2D eigenvalue weighted by Crippen LogP contribution is 2.30. The third-order valence-corrected chi connectivity index (χ3v) is 4.57. The van der Waals surface area contributed by atoms with E-state index in [1.807, 2.05) is 44.2 Å². The van der Waals surface area contributed by atoms with Crippen LogP contribution in [0.4, 0.5) is 5.82 Å². The first-order valence-corrected chi connectivity index (χ1v) is 7.34. The van der Waals surface area contributed by atoms with Gasteiger partial charge in [-0.2, -0.15) is 5.10 Å². The van der Waals surface area contributed by atoms with Gasteiger partial charge in [0.1, 0.15) is 0 Å². The number of carbonyl (C=O) groups excluding carboxylic acids is 1. The number of aryl methyl sites for hydroxylation is 2. The molecule has 3 rings (SSSR count). The molecule has 2 aromatic heterocycles. The monoisotopic (exact) mass is 285 g/mol. The number of nitrogens with zero attached hydrogens (tertiary/aromatic N) is 1. The van der Waals surface area contributed by atoms with Gasteiger partial charge in [0.15, 0.2) is 5.82 Å². The van der Waals surface area contributed by atoms with Crippen molar-refractivity contribution in [1.82, 2.24) is 10.2 Å². The van der Waals surface area contributed by atoms with Crippen molar-refractivity contribution in [1.29, 1.82) is 0 Å². The Hall–Kier alpha value is -2.14. The van der Waals surface area contributed by atoms with Gasteiger partial charge in [-0.3, -0.25) is 9.89 Å². The van der Waals surface area contributed by atoms with E-state index in [-0.39, 0.29) is 5.91 Å². The van der Waals surface area contributed by atoms with Crippen LogP contribution in [0, 0.1) is 6.92 Å². The predicted octanol–water partition coefficient (Wildman–Crippen LogP) is 3.75. The maximum Gasteiger partial charge on any atom is 0.267 e. The van der Waals surface area contributed by atoms with Crippen LogP contribution in [0.3, 0.4) is 0 Å². The second-order valence-electron chi connectivity index (χ2n) is 4.64. The molecule has 0 atom stereocenters. The molecule has 0 aliphatic heterocycles. The van der Waals surface area contributed by atoms with E-state index in [1.165, 1.54) is 11.3 Å². The number of nitrogens with one attached hydrogen (secondary N) is 2. The van der Waals surface area contributed by atoms with E-state index < -0.39 is 0 Å². The number of aromatic nitrogens is 2. The molecule has 2 heterocycles. The minimum Gasteiger partial charge on any atom is -0.304 e. The number of aromatic amines is 1. The van der Waals surface area contributed by atoms with Crippen LogP contribution in [-0.4, -0.2) is 16.1 Å². The average molecular weight is 285 g/mol. The van der Waals surface area contributed by atoms with Gasteiger partial charge in [-0.25, -0.2) is 0 Å². The summed E-state index contributed by atoms with van der Waals surface area (Å²) in [6.45, 7) is 4.02. The van der Waals surface area contributed by atoms with Gasteiger partial charge in [-0.1, -0.05) is 25.1 Å². The van der Waals surface area contributed by atoms with Crippen molar-refractivity contribution in [2.75, 3.05) is 5.32 Å². The van der Waals surface area contributed by atoms with E-state index in [0.717, 1.165) is 32.6 Å². The molecular weight excluding hydrogens is 270 g/mol. The molecule has 20 heavy (non-hydrogen) atoms. The molecular formula is C15H15N3OS. The van der Waals surface area contributed by atoms with Crippen molar-refractivity contribution >= 4 is 33.1 Å². The number of amides is 1. The molecule has 3 aromatic rings. The fourth-order valence-corrected chi connectivity index (χ4v) is 3.28. The maximum absolute atomic E-state index is 12.3. The number of fused-ring (bicyclic) bond motifs is 1.